The number of carbonyl (C=O) groups excluding carboxylic acids is 1. The van der Waals surface area contributed by atoms with E-state index in [1.54, 1.807) is 0 Å². The van der Waals surface area contributed by atoms with Gasteiger partial charge in [-0.05, 0) is 43.2 Å². The van der Waals surface area contributed by atoms with Gasteiger partial charge in [-0.1, -0.05) is 32.9 Å². The molecule has 3 aliphatic rings. The molecule has 2 aliphatic carbocycles. The maximum atomic E-state index is 13.6. The summed E-state index contributed by atoms with van der Waals surface area (Å²) in [5.41, 5.74) is 2.70. The van der Waals surface area contributed by atoms with Crippen molar-refractivity contribution in [1.82, 2.24) is 15.3 Å². The van der Waals surface area contributed by atoms with Gasteiger partial charge < -0.3 is 10.1 Å². The lowest BCUT2D eigenvalue weighted by atomic mass is 9.63. The SMILES string of the molecule is CC12CCC(C(=O)NCC3CCCO3)(c3nc4ccccc4nc31)C2(C)C. The van der Waals surface area contributed by atoms with Gasteiger partial charge in [-0.25, -0.2) is 9.97 Å². The molecule has 1 amide bonds. The van der Waals surface area contributed by atoms with Gasteiger partial charge in [-0.15, -0.1) is 0 Å². The quantitative estimate of drug-likeness (QED) is 0.907. The maximum absolute atomic E-state index is 13.6. The van der Waals surface area contributed by atoms with Gasteiger partial charge in [-0.2, -0.15) is 0 Å². The summed E-state index contributed by atoms with van der Waals surface area (Å²) in [4.78, 5) is 23.6. The van der Waals surface area contributed by atoms with E-state index in [9.17, 15) is 4.79 Å². The molecule has 3 unspecified atom stereocenters. The van der Waals surface area contributed by atoms with Gasteiger partial charge in [0.2, 0.25) is 5.91 Å². The Hall–Kier alpha value is -2.01. The van der Waals surface area contributed by atoms with Crippen LogP contribution in [-0.4, -0.2) is 35.1 Å². The van der Waals surface area contributed by atoms with E-state index in [4.69, 9.17) is 14.7 Å². The van der Waals surface area contributed by atoms with Crippen LogP contribution in [0.4, 0.5) is 0 Å². The number of ether oxygens (including phenoxy) is 1. The van der Waals surface area contributed by atoms with E-state index in [0.29, 0.717) is 6.54 Å². The lowest BCUT2D eigenvalue weighted by molar-refractivity contribution is -0.131. The fourth-order valence-electron chi connectivity index (χ4n) is 5.71. The Morgan fingerprint density at radius 3 is 2.52 bits per heavy atom. The Bertz CT molecular complexity index is 934. The first-order chi connectivity index (χ1) is 12.9. The van der Waals surface area contributed by atoms with Crippen molar-refractivity contribution in [1.29, 1.82) is 0 Å². The number of nitrogens with zero attached hydrogens (tertiary/aromatic N) is 2. The second-order valence-electron chi connectivity index (χ2n) is 9.12. The molecule has 0 radical (unpaired) electrons. The summed E-state index contributed by atoms with van der Waals surface area (Å²) < 4.78 is 5.70. The molecule has 1 aromatic heterocycles. The zero-order valence-electron chi connectivity index (χ0n) is 16.3. The second kappa shape index (κ2) is 5.51. The van der Waals surface area contributed by atoms with Crippen molar-refractivity contribution in [3.63, 3.8) is 0 Å². The highest BCUT2D eigenvalue weighted by Crippen LogP contribution is 2.70. The van der Waals surface area contributed by atoms with Gasteiger partial charge in [0.05, 0.1) is 33.9 Å². The van der Waals surface area contributed by atoms with Gasteiger partial charge in [0, 0.05) is 18.6 Å². The van der Waals surface area contributed by atoms with E-state index in [1.807, 2.05) is 24.3 Å². The van der Waals surface area contributed by atoms with E-state index < -0.39 is 5.41 Å². The predicted octanol–water partition coefficient (Wildman–Crippen LogP) is 3.25. The minimum absolute atomic E-state index is 0.0926. The van der Waals surface area contributed by atoms with Crippen LogP contribution in [0.15, 0.2) is 24.3 Å². The van der Waals surface area contributed by atoms with E-state index in [-0.39, 0.29) is 22.8 Å². The molecule has 5 nitrogen and oxygen atoms in total. The normalized spacial score (nSPS) is 33.4. The topological polar surface area (TPSA) is 64.1 Å². The molecule has 2 fully saturated rings. The van der Waals surface area contributed by atoms with Gasteiger partial charge in [0.25, 0.3) is 0 Å². The van der Waals surface area contributed by atoms with Crippen molar-refractivity contribution >= 4 is 16.9 Å². The lowest BCUT2D eigenvalue weighted by Gasteiger charge is -2.39. The number of para-hydroxylation sites is 2. The highest BCUT2D eigenvalue weighted by Gasteiger charge is 2.73. The smallest absolute Gasteiger partial charge is 0.233 e. The summed E-state index contributed by atoms with van der Waals surface area (Å²) in [6, 6.07) is 7.97. The third kappa shape index (κ3) is 2.01. The van der Waals surface area contributed by atoms with Gasteiger partial charge in [-0.3, -0.25) is 4.79 Å². The number of nitrogens with one attached hydrogen (secondary N) is 1. The first kappa shape index (κ1) is 17.1. The van der Waals surface area contributed by atoms with Gasteiger partial charge in [0.1, 0.15) is 0 Å². The van der Waals surface area contributed by atoms with Crippen LogP contribution in [0.3, 0.4) is 0 Å². The van der Waals surface area contributed by atoms with Crippen molar-refractivity contribution < 1.29 is 9.53 Å². The zero-order valence-corrected chi connectivity index (χ0v) is 16.3. The fourth-order valence-corrected chi connectivity index (χ4v) is 5.71. The van der Waals surface area contributed by atoms with Crippen LogP contribution in [0, 0.1) is 5.41 Å². The third-order valence-electron chi connectivity index (χ3n) is 7.85. The fraction of sp³-hybridized carbons (Fsp3) is 0.591. The maximum Gasteiger partial charge on any atom is 0.233 e. The van der Waals surface area contributed by atoms with E-state index >= 15 is 0 Å². The Balaban J connectivity index is 1.61. The minimum atomic E-state index is -0.618. The number of carbonyl (C=O) groups is 1. The first-order valence-corrected chi connectivity index (χ1v) is 10.1. The summed E-state index contributed by atoms with van der Waals surface area (Å²) >= 11 is 0. The van der Waals surface area contributed by atoms with Crippen LogP contribution in [0.5, 0.6) is 0 Å². The highest BCUT2D eigenvalue weighted by atomic mass is 16.5. The van der Waals surface area contributed by atoms with E-state index in [0.717, 1.165) is 54.7 Å². The van der Waals surface area contributed by atoms with Crippen molar-refractivity contribution in [3.8, 4) is 0 Å². The molecular formula is C22H27N3O2. The molecule has 1 saturated heterocycles. The van der Waals surface area contributed by atoms with Gasteiger partial charge >= 0.3 is 0 Å². The number of hydrogen-bond acceptors (Lipinski definition) is 4. The van der Waals surface area contributed by atoms with Crippen LogP contribution in [0.2, 0.25) is 0 Å². The van der Waals surface area contributed by atoms with Crippen molar-refractivity contribution in [2.45, 2.75) is 63.4 Å². The summed E-state index contributed by atoms with van der Waals surface area (Å²) in [5, 5.41) is 3.22. The summed E-state index contributed by atoms with van der Waals surface area (Å²) in [7, 11) is 0. The minimum Gasteiger partial charge on any atom is -0.376 e. The molecule has 5 heteroatoms. The highest BCUT2D eigenvalue weighted by molar-refractivity contribution is 5.93. The number of fused-ring (bicyclic) bond motifs is 6. The molecule has 142 valence electrons. The Morgan fingerprint density at radius 1 is 1.15 bits per heavy atom. The number of amides is 1. The summed E-state index contributed by atoms with van der Waals surface area (Å²) in [6.45, 7) is 8.09. The van der Waals surface area contributed by atoms with Crippen LogP contribution in [-0.2, 0) is 20.4 Å². The summed E-state index contributed by atoms with van der Waals surface area (Å²) in [6.07, 6.45) is 4.04. The van der Waals surface area contributed by atoms with E-state index in [1.165, 1.54) is 0 Å². The molecule has 5 rings (SSSR count). The molecule has 27 heavy (non-hydrogen) atoms. The van der Waals surface area contributed by atoms with Crippen LogP contribution >= 0.6 is 0 Å². The molecule has 1 N–H and O–H groups in total. The lowest BCUT2D eigenvalue weighted by Crippen LogP contribution is -2.52. The third-order valence-corrected chi connectivity index (χ3v) is 7.85. The zero-order chi connectivity index (χ0) is 18.9. The molecular weight excluding hydrogens is 338 g/mol. The largest absolute Gasteiger partial charge is 0.376 e. The van der Waals surface area contributed by atoms with Crippen LogP contribution in [0.1, 0.15) is 57.8 Å². The van der Waals surface area contributed by atoms with Crippen molar-refractivity contribution in [3.05, 3.63) is 35.7 Å². The predicted molar refractivity (Wildman–Crippen MR) is 104 cm³/mol. The molecule has 1 aliphatic heterocycles. The molecule has 1 aromatic carbocycles. The monoisotopic (exact) mass is 365 g/mol. The number of hydrogen-bond donors (Lipinski definition) is 1. The summed E-state index contributed by atoms with van der Waals surface area (Å²) in [5.74, 6) is 0.0926. The molecule has 3 atom stereocenters. The van der Waals surface area contributed by atoms with E-state index in [2.05, 4.69) is 26.1 Å². The second-order valence-corrected chi connectivity index (χ2v) is 9.12. The number of benzene rings is 1. The van der Waals surface area contributed by atoms with Crippen LogP contribution in [0.25, 0.3) is 11.0 Å². The first-order valence-electron chi connectivity index (χ1n) is 10.1. The Kier molecular flexibility index (Phi) is 3.49. The van der Waals surface area contributed by atoms with Crippen molar-refractivity contribution in [2.24, 2.45) is 5.41 Å². The van der Waals surface area contributed by atoms with Gasteiger partial charge in [0.15, 0.2) is 0 Å². The molecule has 2 bridgehead atoms. The Labute approximate surface area is 159 Å². The molecule has 2 aromatic rings. The standard InChI is InChI=1S/C22H27N3O2/c1-20(2)21(3)10-11-22(20,19(26)23-13-14-7-6-12-27-14)18-17(21)24-15-8-4-5-9-16(15)25-18/h4-5,8-9,14H,6-7,10-13H2,1-3H3,(H,23,26). The molecule has 1 saturated carbocycles. The molecule has 2 heterocycles. The Morgan fingerprint density at radius 2 is 1.85 bits per heavy atom. The molecule has 0 spiro atoms. The van der Waals surface area contributed by atoms with Crippen LogP contribution < -0.4 is 5.32 Å². The average Bonchev–Trinajstić information content (AvgIpc) is 3.28. The number of aromatic nitrogens is 2. The number of rotatable bonds is 3. The average molecular weight is 365 g/mol. The van der Waals surface area contributed by atoms with Crippen molar-refractivity contribution in [2.75, 3.05) is 13.2 Å².